The van der Waals surface area contributed by atoms with Gasteiger partial charge in [-0.3, -0.25) is 9.69 Å². The van der Waals surface area contributed by atoms with Crippen LogP contribution in [0.2, 0.25) is 0 Å². The van der Waals surface area contributed by atoms with E-state index in [4.69, 9.17) is 25.4 Å². The Hall–Kier alpha value is -3.07. The zero-order chi connectivity index (χ0) is 43.5. The first kappa shape index (κ1) is 46.4. The largest absolute Gasteiger partial charge is 0.447 e. The SMILES string of the molecule is N#C[C@@H]1C[C@@H]2C[C@@H]2N1C(=O)[C@@H](N)C12CC3CC(CC(OCCOC(=O)NCc4ccc(CN(C[C@H](O)[C@@H](O)[C@H](O)[C@H](O)CO)C[C@H](O)[C@@H](O)[C@H](O)[C@H](O)CO)cc4)(C3)C1)C2. The van der Waals surface area contributed by atoms with Crippen LogP contribution in [0.25, 0.3) is 0 Å². The summed E-state index contributed by atoms with van der Waals surface area (Å²) in [6.07, 6.45) is -8.23. The van der Waals surface area contributed by atoms with Gasteiger partial charge in [-0.15, -0.1) is 0 Å². The first-order chi connectivity index (χ1) is 28.5. The number of nitrogens with one attached hydrogen (secondary N) is 1. The van der Waals surface area contributed by atoms with Crippen LogP contribution in [0.3, 0.4) is 0 Å². The molecule has 6 aliphatic rings. The van der Waals surface area contributed by atoms with Gasteiger partial charge in [0.2, 0.25) is 5.91 Å². The topological polar surface area (TPSA) is 323 Å². The number of aliphatic hydroxyl groups excluding tert-OH is 10. The van der Waals surface area contributed by atoms with E-state index >= 15 is 0 Å². The lowest BCUT2D eigenvalue weighted by molar-refractivity contribution is -0.203. The molecule has 4 bridgehead atoms. The van der Waals surface area contributed by atoms with Gasteiger partial charge in [0.25, 0.3) is 0 Å². The lowest BCUT2D eigenvalue weighted by Gasteiger charge is -2.63. The van der Waals surface area contributed by atoms with Crippen molar-refractivity contribution >= 4 is 12.0 Å². The molecule has 19 nitrogen and oxygen atoms in total. The van der Waals surface area contributed by atoms with Crippen LogP contribution in [0.15, 0.2) is 24.3 Å². The minimum absolute atomic E-state index is 0.00601. The van der Waals surface area contributed by atoms with E-state index in [-0.39, 0.29) is 43.7 Å². The zero-order valence-corrected chi connectivity index (χ0v) is 33.7. The summed E-state index contributed by atoms with van der Waals surface area (Å²) in [7, 11) is 0. The molecule has 7 rings (SSSR count). The number of nitriles is 1. The lowest BCUT2D eigenvalue weighted by Crippen LogP contribution is -2.65. The van der Waals surface area contributed by atoms with E-state index in [2.05, 4.69) is 11.4 Å². The van der Waals surface area contributed by atoms with Gasteiger partial charge in [-0.25, -0.2) is 4.79 Å². The standard InChI is InChI=1S/C41H63N5O14/c42-14-27-8-26-9-28(26)46(27)38(57)37(43)40-10-24-7-25(11-40)13-41(12-24,21-40)60-6-5-59-39(58)44-15-22-1-3-23(4-2-22)16-45(17-29(49)33(53)35(55)31(51)19-47)18-30(50)34(54)36(56)32(52)20-48/h1-4,24-37,47-56H,5-13,15-21,43H2,(H,44,58)/t24?,25?,26-,27+,28+,29+,30+,31-,32-,33-,34-,35-,36-,37-,40?,41?/m1/s1. The molecule has 336 valence electrons. The predicted molar refractivity (Wildman–Crippen MR) is 209 cm³/mol. The number of ether oxygens (including phenoxy) is 2. The van der Waals surface area contributed by atoms with Crippen LogP contribution < -0.4 is 11.1 Å². The van der Waals surface area contributed by atoms with Gasteiger partial charge >= 0.3 is 6.09 Å². The average Bonchev–Trinajstić information content (AvgIpc) is 3.90. The summed E-state index contributed by atoms with van der Waals surface area (Å²) in [6, 6.07) is 8.17. The molecule has 2 unspecified atom stereocenters. The first-order valence-corrected chi connectivity index (χ1v) is 21.0. The van der Waals surface area contributed by atoms with E-state index in [0.29, 0.717) is 35.3 Å². The molecule has 60 heavy (non-hydrogen) atoms. The smallest absolute Gasteiger partial charge is 0.407 e. The number of rotatable bonds is 22. The zero-order valence-electron chi connectivity index (χ0n) is 33.7. The fraction of sp³-hybridized carbons (Fsp3) is 0.780. The maximum atomic E-state index is 13.8. The number of piperidine rings is 1. The number of hydrogen-bond acceptors (Lipinski definition) is 17. The summed E-state index contributed by atoms with van der Waals surface area (Å²) < 4.78 is 11.9. The highest BCUT2D eigenvalue weighted by atomic mass is 16.6. The summed E-state index contributed by atoms with van der Waals surface area (Å²) in [6.45, 7) is -2.29. The second-order valence-electron chi connectivity index (χ2n) is 18.1. The third kappa shape index (κ3) is 10.4. The monoisotopic (exact) mass is 849 g/mol. The molecule has 1 heterocycles. The Balaban J connectivity index is 0.972. The van der Waals surface area contributed by atoms with E-state index in [9.17, 15) is 55.7 Å². The van der Waals surface area contributed by atoms with Crippen molar-refractivity contribution in [1.29, 1.82) is 5.26 Å². The molecule has 0 radical (unpaired) electrons. The summed E-state index contributed by atoms with van der Waals surface area (Å²) in [5.74, 6) is 1.12. The Labute approximate surface area is 348 Å². The van der Waals surface area contributed by atoms with Crippen molar-refractivity contribution in [3.05, 3.63) is 35.4 Å². The molecule has 5 aliphatic carbocycles. The maximum absolute atomic E-state index is 13.8. The minimum Gasteiger partial charge on any atom is -0.447 e. The third-order valence-corrected chi connectivity index (χ3v) is 13.6. The number of aliphatic hydroxyl groups is 10. The number of amides is 2. The van der Waals surface area contributed by atoms with E-state index in [0.717, 1.165) is 44.9 Å². The number of benzene rings is 1. The van der Waals surface area contributed by atoms with Crippen molar-refractivity contribution in [2.75, 3.05) is 39.5 Å². The Morgan fingerprint density at radius 1 is 0.817 bits per heavy atom. The first-order valence-electron chi connectivity index (χ1n) is 21.0. The number of likely N-dealkylation sites (tertiary alicyclic amines) is 1. The molecular formula is C41H63N5O14. The Kier molecular flexibility index (Phi) is 15.1. The van der Waals surface area contributed by atoms with Crippen molar-refractivity contribution in [3.8, 4) is 6.07 Å². The van der Waals surface area contributed by atoms with Crippen LogP contribution in [0.1, 0.15) is 62.5 Å². The quantitative estimate of drug-likeness (QED) is 0.0511. The van der Waals surface area contributed by atoms with Crippen LogP contribution in [-0.2, 0) is 27.4 Å². The van der Waals surface area contributed by atoms with E-state index in [1.54, 1.807) is 29.2 Å². The highest BCUT2D eigenvalue weighted by molar-refractivity contribution is 5.84. The fourth-order valence-electron chi connectivity index (χ4n) is 10.8. The van der Waals surface area contributed by atoms with Gasteiger partial charge in [-0.2, -0.15) is 5.26 Å². The van der Waals surface area contributed by atoms with Crippen molar-refractivity contribution in [1.82, 2.24) is 15.1 Å². The Bertz CT molecular complexity index is 1610. The molecule has 1 aromatic rings. The molecule has 14 atom stereocenters. The van der Waals surface area contributed by atoms with Gasteiger partial charge in [0.1, 0.15) is 49.3 Å². The van der Waals surface area contributed by atoms with Gasteiger partial charge in [0, 0.05) is 32.2 Å². The molecule has 1 aromatic carbocycles. The number of hydrogen-bond donors (Lipinski definition) is 12. The molecule has 2 amide bonds. The number of nitrogens with zero attached hydrogens (tertiary/aromatic N) is 3. The van der Waals surface area contributed by atoms with Crippen LogP contribution >= 0.6 is 0 Å². The Morgan fingerprint density at radius 2 is 1.37 bits per heavy atom. The van der Waals surface area contributed by atoms with Crippen molar-refractivity contribution in [2.45, 2.75) is 137 Å². The summed E-state index contributed by atoms with van der Waals surface area (Å²) in [5.41, 5.74) is 7.34. The van der Waals surface area contributed by atoms with Crippen LogP contribution in [-0.4, -0.2) is 185 Å². The van der Waals surface area contributed by atoms with E-state index < -0.39 is 98.9 Å². The van der Waals surface area contributed by atoms with Gasteiger partial charge in [0.05, 0.1) is 49.7 Å². The van der Waals surface area contributed by atoms with Crippen LogP contribution in [0.5, 0.6) is 0 Å². The molecule has 6 fully saturated rings. The Morgan fingerprint density at radius 3 is 1.92 bits per heavy atom. The predicted octanol–water partition coefficient (Wildman–Crippen LogP) is -3.22. The molecule has 1 aliphatic heterocycles. The molecule has 0 aromatic heterocycles. The molecule has 13 N–H and O–H groups in total. The van der Waals surface area contributed by atoms with Gasteiger partial charge < -0.3 is 76.5 Å². The maximum Gasteiger partial charge on any atom is 0.407 e. The highest BCUT2D eigenvalue weighted by Gasteiger charge is 2.63. The second kappa shape index (κ2) is 19.5. The lowest BCUT2D eigenvalue weighted by atomic mass is 9.46. The second-order valence-corrected chi connectivity index (χ2v) is 18.1. The fourth-order valence-corrected chi connectivity index (χ4v) is 10.8. The minimum atomic E-state index is -1.91. The van der Waals surface area contributed by atoms with Gasteiger partial charge in [-0.1, -0.05) is 24.3 Å². The average molecular weight is 850 g/mol. The number of fused-ring (bicyclic) bond motifs is 1. The number of alkyl carbamates (subject to hydrolysis) is 1. The highest BCUT2D eigenvalue weighted by Crippen LogP contribution is 2.64. The van der Waals surface area contributed by atoms with Crippen molar-refractivity contribution in [3.63, 3.8) is 0 Å². The van der Waals surface area contributed by atoms with Crippen LogP contribution in [0, 0.1) is 34.5 Å². The van der Waals surface area contributed by atoms with Crippen molar-refractivity contribution < 1.29 is 70.1 Å². The molecular weight excluding hydrogens is 786 g/mol. The summed E-state index contributed by atoms with van der Waals surface area (Å²) in [4.78, 5) is 29.6. The molecule has 1 saturated heterocycles. The molecule has 5 saturated carbocycles. The van der Waals surface area contributed by atoms with E-state index in [1.807, 2.05) is 0 Å². The molecule has 0 spiro atoms. The van der Waals surface area contributed by atoms with Crippen LogP contribution in [0.4, 0.5) is 4.79 Å². The summed E-state index contributed by atoms with van der Waals surface area (Å²) in [5, 5.41) is 112. The van der Waals surface area contributed by atoms with Crippen molar-refractivity contribution in [2.24, 2.45) is 28.9 Å². The van der Waals surface area contributed by atoms with E-state index in [1.165, 1.54) is 4.90 Å². The normalized spacial score (nSPS) is 32.2. The summed E-state index contributed by atoms with van der Waals surface area (Å²) >= 11 is 0. The third-order valence-electron chi connectivity index (χ3n) is 13.6. The number of nitrogens with two attached hydrogens (primary N) is 1. The van der Waals surface area contributed by atoms with Gasteiger partial charge in [0.15, 0.2) is 0 Å². The van der Waals surface area contributed by atoms with Gasteiger partial charge in [-0.05, 0) is 85.7 Å². The molecule has 19 heteroatoms. The number of carbonyl (C=O) groups excluding carboxylic acids is 2. The number of carbonyl (C=O) groups is 2.